The Hall–Kier alpha value is -1.22. The molecule has 1 atom stereocenters. The first kappa shape index (κ1) is 11.3. The first-order valence-electron chi connectivity index (χ1n) is 5.65. The monoisotopic (exact) mass is 222 g/mol. The number of fused-ring (bicyclic) bond motifs is 1. The minimum atomic E-state index is -0.450. The molecule has 1 aromatic carbocycles. The van der Waals surface area contributed by atoms with Crippen LogP contribution in [0.25, 0.3) is 0 Å². The fraction of sp³-hybridized carbons (Fsp3) is 0.538. The van der Waals surface area contributed by atoms with E-state index in [0.29, 0.717) is 13.0 Å². The molecule has 0 amide bonds. The number of aliphatic hydroxyl groups is 1. The van der Waals surface area contributed by atoms with Crippen molar-refractivity contribution in [2.45, 2.75) is 38.9 Å². The van der Waals surface area contributed by atoms with Crippen LogP contribution in [0.3, 0.4) is 0 Å². The number of rotatable bonds is 2. The summed E-state index contributed by atoms with van der Waals surface area (Å²) in [5.41, 5.74) is 0.528. The third-order valence-corrected chi connectivity index (χ3v) is 2.73. The Bertz CT molecular complexity index is 385. The van der Waals surface area contributed by atoms with E-state index in [0.717, 1.165) is 17.1 Å². The number of hydrogen-bond donors (Lipinski definition) is 1. The van der Waals surface area contributed by atoms with Crippen LogP contribution in [0.5, 0.6) is 11.5 Å². The molecule has 0 fully saturated rings. The summed E-state index contributed by atoms with van der Waals surface area (Å²) < 4.78 is 11.3. The molecule has 0 spiro atoms. The van der Waals surface area contributed by atoms with Gasteiger partial charge in [0.1, 0.15) is 17.1 Å². The Morgan fingerprint density at radius 2 is 2.25 bits per heavy atom. The zero-order valence-electron chi connectivity index (χ0n) is 9.99. The van der Waals surface area contributed by atoms with Crippen molar-refractivity contribution in [3.63, 3.8) is 0 Å². The number of benzene rings is 1. The molecule has 3 nitrogen and oxygen atoms in total. The average Bonchev–Trinajstić information content (AvgIpc) is 2.15. The SMILES string of the molecule is CCOc1ccc2c(c1)OC(C)(C)CC2O. The Kier molecular flexibility index (Phi) is 2.80. The van der Waals surface area contributed by atoms with E-state index in [9.17, 15) is 5.11 Å². The van der Waals surface area contributed by atoms with Crippen LogP contribution in [0.15, 0.2) is 18.2 Å². The molecule has 16 heavy (non-hydrogen) atoms. The van der Waals surface area contributed by atoms with Gasteiger partial charge in [-0.15, -0.1) is 0 Å². The molecule has 0 aliphatic carbocycles. The molecule has 0 saturated heterocycles. The molecule has 1 aliphatic heterocycles. The van der Waals surface area contributed by atoms with Crippen molar-refractivity contribution in [1.29, 1.82) is 0 Å². The van der Waals surface area contributed by atoms with Crippen LogP contribution in [0, 0.1) is 0 Å². The van der Waals surface area contributed by atoms with Crippen LogP contribution in [0.4, 0.5) is 0 Å². The molecule has 1 aromatic rings. The predicted molar refractivity (Wildman–Crippen MR) is 61.9 cm³/mol. The normalized spacial score (nSPS) is 22.1. The van der Waals surface area contributed by atoms with Gasteiger partial charge in [-0.05, 0) is 32.9 Å². The fourth-order valence-electron chi connectivity index (χ4n) is 2.05. The van der Waals surface area contributed by atoms with Crippen LogP contribution in [0.2, 0.25) is 0 Å². The number of ether oxygens (including phenoxy) is 2. The minimum Gasteiger partial charge on any atom is -0.494 e. The maximum atomic E-state index is 10.00. The maximum absolute atomic E-state index is 10.00. The largest absolute Gasteiger partial charge is 0.494 e. The van der Waals surface area contributed by atoms with Crippen LogP contribution in [-0.4, -0.2) is 17.3 Å². The fourth-order valence-corrected chi connectivity index (χ4v) is 2.05. The average molecular weight is 222 g/mol. The molecular formula is C13H18O3. The zero-order valence-corrected chi connectivity index (χ0v) is 9.99. The maximum Gasteiger partial charge on any atom is 0.129 e. The van der Waals surface area contributed by atoms with Gasteiger partial charge in [-0.2, -0.15) is 0 Å². The smallest absolute Gasteiger partial charge is 0.129 e. The van der Waals surface area contributed by atoms with Gasteiger partial charge in [-0.3, -0.25) is 0 Å². The summed E-state index contributed by atoms with van der Waals surface area (Å²) in [5.74, 6) is 1.51. The summed E-state index contributed by atoms with van der Waals surface area (Å²) in [5, 5.41) is 10.00. The van der Waals surface area contributed by atoms with E-state index in [-0.39, 0.29) is 5.60 Å². The topological polar surface area (TPSA) is 38.7 Å². The second-order valence-electron chi connectivity index (χ2n) is 4.71. The third-order valence-electron chi connectivity index (χ3n) is 2.73. The molecule has 0 radical (unpaired) electrons. The summed E-state index contributed by atoms with van der Waals surface area (Å²) >= 11 is 0. The standard InChI is InChI=1S/C13H18O3/c1-4-15-9-5-6-10-11(14)8-13(2,3)16-12(10)7-9/h5-7,11,14H,4,8H2,1-3H3. The van der Waals surface area contributed by atoms with E-state index in [1.54, 1.807) is 0 Å². The molecular weight excluding hydrogens is 204 g/mol. The van der Waals surface area contributed by atoms with E-state index in [1.165, 1.54) is 0 Å². The van der Waals surface area contributed by atoms with Gasteiger partial charge < -0.3 is 14.6 Å². The molecule has 0 saturated carbocycles. The Balaban J connectivity index is 2.34. The molecule has 1 unspecified atom stereocenters. The van der Waals surface area contributed by atoms with Gasteiger partial charge in [0.2, 0.25) is 0 Å². The summed E-state index contributed by atoms with van der Waals surface area (Å²) in [6.45, 7) is 6.53. The predicted octanol–water partition coefficient (Wildman–Crippen LogP) is 2.68. The summed E-state index contributed by atoms with van der Waals surface area (Å²) in [7, 11) is 0. The lowest BCUT2D eigenvalue weighted by Gasteiger charge is -2.35. The van der Waals surface area contributed by atoms with Crippen LogP contribution in [0.1, 0.15) is 38.9 Å². The highest BCUT2D eigenvalue weighted by atomic mass is 16.5. The van der Waals surface area contributed by atoms with Crippen molar-refractivity contribution in [3.8, 4) is 11.5 Å². The highest BCUT2D eigenvalue weighted by Gasteiger charge is 2.32. The zero-order chi connectivity index (χ0) is 11.8. The second-order valence-corrected chi connectivity index (χ2v) is 4.71. The molecule has 3 heteroatoms. The second kappa shape index (κ2) is 3.98. The van der Waals surface area contributed by atoms with Crippen LogP contribution in [-0.2, 0) is 0 Å². The summed E-state index contributed by atoms with van der Waals surface area (Å²) in [6, 6.07) is 5.59. The molecule has 0 aromatic heterocycles. The highest BCUT2D eigenvalue weighted by molar-refractivity contribution is 5.43. The molecule has 88 valence electrons. The molecule has 2 rings (SSSR count). The molecule has 1 N–H and O–H groups in total. The van der Waals surface area contributed by atoms with Crippen LogP contribution >= 0.6 is 0 Å². The molecule has 1 aliphatic rings. The van der Waals surface area contributed by atoms with Crippen molar-refractivity contribution >= 4 is 0 Å². The van der Waals surface area contributed by atoms with E-state index >= 15 is 0 Å². The van der Waals surface area contributed by atoms with Crippen molar-refractivity contribution in [2.75, 3.05) is 6.61 Å². The lowest BCUT2D eigenvalue weighted by atomic mass is 9.92. The Labute approximate surface area is 96.0 Å². The third kappa shape index (κ3) is 2.14. The lowest BCUT2D eigenvalue weighted by molar-refractivity contribution is 0.0113. The van der Waals surface area contributed by atoms with E-state index < -0.39 is 6.10 Å². The Morgan fingerprint density at radius 1 is 1.50 bits per heavy atom. The van der Waals surface area contributed by atoms with Crippen molar-refractivity contribution in [3.05, 3.63) is 23.8 Å². The quantitative estimate of drug-likeness (QED) is 0.836. The van der Waals surface area contributed by atoms with E-state index in [4.69, 9.17) is 9.47 Å². The highest BCUT2D eigenvalue weighted by Crippen LogP contribution is 2.40. The molecule has 1 heterocycles. The van der Waals surface area contributed by atoms with Crippen molar-refractivity contribution in [1.82, 2.24) is 0 Å². The minimum absolute atomic E-state index is 0.322. The number of aliphatic hydroxyl groups excluding tert-OH is 1. The van der Waals surface area contributed by atoms with Gasteiger partial charge in [0.25, 0.3) is 0 Å². The first-order chi connectivity index (χ1) is 7.52. The van der Waals surface area contributed by atoms with Crippen LogP contribution < -0.4 is 9.47 Å². The Morgan fingerprint density at radius 3 is 2.94 bits per heavy atom. The summed E-state index contributed by atoms with van der Waals surface area (Å²) in [6.07, 6.45) is 0.169. The van der Waals surface area contributed by atoms with Gasteiger partial charge in [0.15, 0.2) is 0 Å². The van der Waals surface area contributed by atoms with Gasteiger partial charge in [0, 0.05) is 18.1 Å². The first-order valence-corrected chi connectivity index (χ1v) is 5.65. The van der Waals surface area contributed by atoms with Gasteiger partial charge in [0.05, 0.1) is 12.7 Å². The lowest BCUT2D eigenvalue weighted by Crippen LogP contribution is -2.34. The van der Waals surface area contributed by atoms with E-state index in [1.807, 2.05) is 39.0 Å². The van der Waals surface area contributed by atoms with Gasteiger partial charge >= 0.3 is 0 Å². The number of hydrogen-bond acceptors (Lipinski definition) is 3. The van der Waals surface area contributed by atoms with Crippen molar-refractivity contribution in [2.24, 2.45) is 0 Å². The van der Waals surface area contributed by atoms with Gasteiger partial charge in [-0.25, -0.2) is 0 Å². The van der Waals surface area contributed by atoms with Gasteiger partial charge in [-0.1, -0.05) is 0 Å². The molecule has 0 bridgehead atoms. The van der Waals surface area contributed by atoms with E-state index in [2.05, 4.69) is 0 Å². The summed E-state index contributed by atoms with van der Waals surface area (Å²) in [4.78, 5) is 0. The van der Waals surface area contributed by atoms with Crippen molar-refractivity contribution < 1.29 is 14.6 Å².